The molecular weight excluding hydrogens is 309 g/mol. The summed E-state index contributed by atoms with van der Waals surface area (Å²) in [5.41, 5.74) is 0.290. The molecule has 2 N–H and O–H groups in total. The molecule has 0 aliphatic heterocycles. The van der Waals surface area contributed by atoms with Crippen LogP contribution in [-0.4, -0.2) is 66.0 Å². The van der Waals surface area contributed by atoms with E-state index in [1.54, 1.807) is 12.1 Å². The molecule has 1 aromatic rings. The van der Waals surface area contributed by atoms with E-state index in [-0.39, 0.29) is 40.2 Å². The van der Waals surface area contributed by atoms with Crippen LogP contribution in [0.1, 0.15) is 10.4 Å². The number of nitrogens with one attached hydrogen (secondary N) is 1. The normalized spacial score (nSPS) is 10.3. The fourth-order valence-electron chi connectivity index (χ4n) is 1.27. The van der Waals surface area contributed by atoms with E-state index in [0.717, 1.165) is 6.08 Å². The molecular formula is C13H12ClNNaO5. The Morgan fingerprint density at radius 2 is 1.86 bits per heavy atom. The van der Waals surface area contributed by atoms with Gasteiger partial charge >= 0.3 is 5.97 Å². The summed E-state index contributed by atoms with van der Waals surface area (Å²) in [6, 6.07) is 6.18. The van der Waals surface area contributed by atoms with E-state index < -0.39 is 24.2 Å². The Morgan fingerprint density at radius 3 is 2.33 bits per heavy atom. The third-order valence-electron chi connectivity index (χ3n) is 2.24. The van der Waals surface area contributed by atoms with Crippen molar-refractivity contribution in [3.05, 3.63) is 40.9 Å². The number of ketones is 1. The zero-order valence-corrected chi connectivity index (χ0v) is 14.3. The van der Waals surface area contributed by atoms with Crippen LogP contribution in [0.25, 0.3) is 0 Å². The number of carbonyl (C=O) groups excluding carboxylic acids is 2. The third-order valence-corrected chi connectivity index (χ3v) is 2.52. The number of hydrogen-bond acceptors (Lipinski definition) is 4. The van der Waals surface area contributed by atoms with Crippen LogP contribution >= 0.6 is 11.6 Å². The van der Waals surface area contributed by atoms with E-state index in [2.05, 4.69) is 5.32 Å². The maximum atomic E-state index is 11.9. The van der Waals surface area contributed by atoms with Crippen molar-refractivity contribution in [3.63, 3.8) is 0 Å². The summed E-state index contributed by atoms with van der Waals surface area (Å²) in [6.07, 6.45) is 0.844. The molecule has 0 saturated heterocycles. The molecule has 0 atom stereocenters. The molecule has 0 heterocycles. The molecule has 0 fully saturated rings. The number of carbonyl (C=O) groups is 3. The van der Waals surface area contributed by atoms with E-state index in [9.17, 15) is 14.4 Å². The summed E-state index contributed by atoms with van der Waals surface area (Å²) < 4.78 is 4.95. The second-order valence-corrected chi connectivity index (χ2v) is 4.07. The average molecular weight is 321 g/mol. The molecule has 0 aliphatic rings. The predicted molar refractivity (Wildman–Crippen MR) is 77.7 cm³/mol. The number of aliphatic carboxylic acids is 1. The number of carboxylic acids is 1. The van der Waals surface area contributed by atoms with Gasteiger partial charge in [0.15, 0.2) is 0 Å². The van der Waals surface area contributed by atoms with Crippen LogP contribution in [0.15, 0.2) is 35.4 Å². The van der Waals surface area contributed by atoms with Crippen LogP contribution in [0.3, 0.4) is 0 Å². The van der Waals surface area contributed by atoms with Crippen molar-refractivity contribution < 1.29 is 24.2 Å². The molecule has 107 valence electrons. The first-order valence-electron chi connectivity index (χ1n) is 5.49. The Bertz CT molecular complexity index is 556. The van der Waals surface area contributed by atoms with Crippen molar-refractivity contribution in [2.45, 2.75) is 0 Å². The predicted octanol–water partition coefficient (Wildman–Crippen LogP) is 0.821. The number of methoxy groups -OCH3 is 1. The Morgan fingerprint density at radius 1 is 1.29 bits per heavy atom. The Labute approximate surface area is 148 Å². The van der Waals surface area contributed by atoms with E-state index in [1.807, 2.05) is 0 Å². The Kier molecular flexibility index (Phi) is 8.96. The summed E-state index contributed by atoms with van der Waals surface area (Å²) >= 11 is 5.72. The molecule has 1 radical (unpaired) electrons. The minimum absolute atomic E-state index is 0. The minimum Gasteiger partial charge on any atom is -0.497 e. The molecule has 0 unspecified atom stereocenters. The van der Waals surface area contributed by atoms with Crippen LogP contribution in [-0.2, 0) is 9.59 Å². The Hall–Kier alpha value is -1.34. The van der Waals surface area contributed by atoms with Gasteiger partial charge in [-0.3, -0.25) is 14.4 Å². The summed E-state index contributed by atoms with van der Waals surface area (Å²) in [7, 11) is 1.50. The topological polar surface area (TPSA) is 92.7 Å². The van der Waals surface area contributed by atoms with Gasteiger partial charge in [0, 0.05) is 41.2 Å². The van der Waals surface area contributed by atoms with Gasteiger partial charge in [-0.05, 0) is 24.3 Å². The SMILES string of the molecule is COc1ccc(C(=O)/C(Cl)=C/C(=O)NCC(=O)O)cc1.[Na]. The zero-order chi connectivity index (χ0) is 15.1. The quantitative estimate of drug-likeness (QED) is 0.460. The first-order valence-corrected chi connectivity index (χ1v) is 5.87. The Balaban J connectivity index is 0.00000400. The smallest absolute Gasteiger partial charge is 0.322 e. The van der Waals surface area contributed by atoms with Gasteiger partial charge in [-0.15, -0.1) is 0 Å². The van der Waals surface area contributed by atoms with E-state index in [0.29, 0.717) is 5.75 Å². The summed E-state index contributed by atoms with van der Waals surface area (Å²) in [4.78, 5) is 33.4. The average Bonchev–Trinajstić information content (AvgIpc) is 2.44. The fraction of sp³-hybridized carbons (Fsp3) is 0.154. The molecule has 0 aromatic heterocycles. The van der Waals surface area contributed by atoms with E-state index in [1.165, 1.54) is 19.2 Å². The zero-order valence-electron chi connectivity index (χ0n) is 11.6. The van der Waals surface area contributed by atoms with Crippen LogP contribution in [0.2, 0.25) is 0 Å². The second kappa shape index (κ2) is 9.57. The molecule has 1 amide bonds. The van der Waals surface area contributed by atoms with Gasteiger partial charge < -0.3 is 15.2 Å². The van der Waals surface area contributed by atoms with Gasteiger partial charge in [0.05, 0.1) is 12.1 Å². The van der Waals surface area contributed by atoms with Crippen LogP contribution in [0.4, 0.5) is 0 Å². The van der Waals surface area contributed by atoms with Gasteiger partial charge in [-0.2, -0.15) is 0 Å². The van der Waals surface area contributed by atoms with E-state index >= 15 is 0 Å². The minimum atomic E-state index is -1.19. The fourth-order valence-corrected chi connectivity index (χ4v) is 1.48. The molecule has 1 rings (SSSR count). The van der Waals surface area contributed by atoms with Crippen molar-refractivity contribution >= 4 is 58.8 Å². The standard InChI is InChI=1S/C13H12ClNO5.Na/c1-20-9-4-2-8(3-5-9)13(19)10(14)6-11(16)15-7-12(17)18;/h2-6H,7H2,1H3,(H,15,16)(H,17,18);/b10-6-;. The first-order chi connectivity index (χ1) is 9.43. The molecule has 0 spiro atoms. The van der Waals surface area contributed by atoms with Gasteiger partial charge in [0.2, 0.25) is 11.7 Å². The number of benzene rings is 1. The van der Waals surface area contributed by atoms with Crippen molar-refractivity contribution in [3.8, 4) is 5.75 Å². The molecule has 0 aliphatic carbocycles. The number of carboxylic acid groups (broad SMARTS) is 1. The molecule has 0 saturated carbocycles. The van der Waals surface area contributed by atoms with Crippen LogP contribution < -0.4 is 10.1 Å². The summed E-state index contributed by atoms with van der Waals surface area (Å²) in [5.74, 6) is -1.90. The van der Waals surface area contributed by atoms with Gasteiger partial charge in [0.1, 0.15) is 12.3 Å². The molecule has 21 heavy (non-hydrogen) atoms. The molecule has 6 nitrogen and oxygen atoms in total. The van der Waals surface area contributed by atoms with Gasteiger partial charge in [-0.1, -0.05) is 11.6 Å². The second-order valence-electron chi connectivity index (χ2n) is 3.66. The number of halogens is 1. The summed E-state index contributed by atoms with van der Waals surface area (Å²) in [5, 5.41) is 10.1. The van der Waals surface area contributed by atoms with Crippen molar-refractivity contribution in [2.24, 2.45) is 0 Å². The first kappa shape index (κ1) is 19.7. The molecule has 1 aromatic carbocycles. The van der Waals surface area contributed by atoms with Crippen LogP contribution in [0.5, 0.6) is 5.75 Å². The monoisotopic (exact) mass is 320 g/mol. The molecule has 0 bridgehead atoms. The number of hydrogen-bond donors (Lipinski definition) is 2. The van der Waals surface area contributed by atoms with Gasteiger partial charge in [-0.25, -0.2) is 0 Å². The third kappa shape index (κ3) is 6.77. The number of rotatable bonds is 6. The number of amides is 1. The number of Topliss-reactive ketones (excluding diaryl/α,β-unsaturated/α-hetero) is 1. The van der Waals surface area contributed by atoms with Crippen molar-refractivity contribution in [1.29, 1.82) is 0 Å². The molecule has 8 heteroatoms. The van der Waals surface area contributed by atoms with E-state index in [4.69, 9.17) is 21.4 Å². The van der Waals surface area contributed by atoms with Crippen molar-refractivity contribution in [2.75, 3.05) is 13.7 Å². The maximum Gasteiger partial charge on any atom is 0.322 e. The van der Waals surface area contributed by atoms with Crippen molar-refractivity contribution in [1.82, 2.24) is 5.32 Å². The number of ether oxygens (including phenoxy) is 1. The maximum absolute atomic E-state index is 11.9. The number of allylic oxidation sites excluding steroid dienone is 1. The van der Waals surface area contributed by atoms with Gasteiger partial charge in [0.25, 0.3) is 0 Å². The largest absolute Gasteiger partial charge is 0.497 e. The summed E-state index contributed by atoms with van der Waals surface area (Å²) in [6.45, 7) is -0.545. The van der Waals surface area contributed by atoms with Crippen LogP contribution in [0, 0.1) is 0 Å².